The van der Waals surface area contributed by atoms with Crippen LogP contribution in [0.15, 0.2) is 18.2 Å². The average molecular weight is 261 g/mol. The number of carbonyl (C=O) groups is 1. The zero-order valence-electron chi connectivity index (χ0n) is 10.9. The number of benzene rings is 1. The summed E-state index contributed by atoms with van der Waals surface area (Å²) in [6, 6.07) is 5.68. The summed E-state index contributed by atoms with van der Waals surface area (Å²) >= 11 is 0. The SMILES string of the molecule is O=C(c1ccc2c(c1)NCCN2)N1CCCC1CO. The van der Waals surface area contributed by atoms with Crippen LogP contribution in [0.5, 0.6) is 0 Å². The van der Waals surface area contributed by atoms with E-state index < -0.39 is 0 Å². The molecular formula is C14H19N3O2. The van der Waals surface area contributed by atoms with Crippen molar-refractivity contribution in [1.29, 1.82) is 0 Å². The number of anilines is 2. The Hall–Kier alpha value is -1.75. The molecule has 0 aromatic heterocycles. The molecule has 1 fully saturated rings. The van der Waals surface area contributed by atoms with Gasteiger partial charge in [0.1, 0.15) is 0 Å². The van der Waals surface area contributed by atoms with Crippen molar-refractivity contribution in [2.75, 3.05) is 36.9 Å². The normalized spacial score (nSPS) is 21.5. The van der Waals surface area contributed by atoms with Gasteiger partial charge in [-0.25, -0.2) is 0 Å². The molecule has 1 amide bonds. The summed E-state index contributed by atoms with van der Waals surface area (Å²) in [5.74, 6) is 0.0201. The minimum Gasteiger partial charge on any atom is -0.394 e. The van der Waals surface area contributed by atoms with Crippen LogP contribution in [0, 0.1) is 0 Å². The Morgan fingerprint density at radius 3 is 2.89 bits per heavy atom. The van der Waals surface area contributed by atoms with Crippen molar-refractivity contribution >= 4 is 17.3 Å². The van der Waals surface area contributed by atoms with Crippen LogP contribution in [0.25, 0.3) is 0 Å². The molecule has 0 bridgehead atoms. The van der Waals surface area contributed by atoms with Gasteiger partial charge in [0.15, 0.2) is 0 Å². The minimum atomic E-state index is -0.0189. The second-order valence-corrected chi connectivity index (χ2v) is 5.09. The summed E-state index contributed by atoms with van der Waals surface area (Å²) in [5, 5.41) is 15.9. The maximum atomic E-state index is 12.5. The van der Waals surface area contributed by atoms with Crippen LogP contribution in [0.3, 0.4) is 0 Å². The number of hydrogen-bond acceptors (Lipinski definition) is 4. The molecule has 19 heavy (non-hydrogen) atoms. The molecule has 1 atom stereocenters. The number of amides is 1. The third-order valence-electron chi connectivity index (χ3n) is 3.87. The molecule has 2 heterocycles. The molecule has 0 spiro atoms. The summed E-state index contributed by atoms with van der Waals surface area (Å²) < 4.78 is 0. The van der Waals surface area contributed by atoms with Crippen LogP contribution in [-0.2, 0) is 0 Å². The van der Waals surface area contributed by atoms with E-state index in [1.807, 2.05) is 18.2 Å². The minimum absolute atomic E-state index is 0.0189. The third kappa shape index (κ3) is 2.26. The van der Waals surface area contributed by atoms with Gasteiger partial charge in [-0.15, -0.1) is 0 Å². The molecule has 0 saturated carbocycles. The molecule has 0 radical (unpaired) electrons. The van der Waals surface area contributed by atoms with Crippen LogP contribution >= 0.6 is 0 Å². The highest BCUT2D eigenvalue weighted by molar-refractivity contribution is 5.96. The number of aliphatic hydroxyl groups is 1. The molecule has 3 rings (SSSR count). The van der Waals surface area contributed by atoms with Crippen molar-refractivity contribution < 1.29 is 9.90 Å². The topological polar surface area (TPSA) is 64.6 Å². The van der Waals surface area contributed by atoms with Gasteiger partial charge in [0, 0.05) is 25.2 Å². The maximum Gasteiger partial charge on any atom is 0.254 e. The fraction of sp³-hybridized carbons (Fsp3) is 0.500. The lowest BCUT2D eigenvalue weighted by atomic mass is 10.1. The Bertz CT molecular complexity index is 490. The van der Waals surface area contributed by atoms with Gasteiger partial charge in [0.05, 0.1) is 24.0 Å². The molecule has 102 valence electrons. The predicted molar refractivity (Wildman–Crippen MR) is 74.6 cm³/mol. The largest absolute Gasteiger partial charge is 0.394 e. The quantitative estimate of drug-likeness (QED) is 0.746. The number of carbonyl (C=O) groups excluding carboxylic acids is 1. The Balaban J connectivity index is 1.83. The average Bonchev–Trinajstić information content (AvgIpc) is 2.94. The second kappa shape index (κ2) is 5.09. The first-order valence-corrected chi connectivity index (χ1v) is 6.83. The van der Waals surface area contributed by atoms with E-state index >= 15 is 0 Å². The first-order valence-electron chi connectivity index (χ1n) is 6.83. The fourth-order valence-corrected chi connectivity index (χ4v) is 2.83. The molecule has 1 unspecified atom stereocenters. The van der Waals surface area contributed by atoms with Crippen molar-refractivity contribution in [3.8, 4) is 0 Å². The molecule has 5 nitrogen and oxygen atoms in total. The molecule has 1 aromatic carbocycles. The highest BCUT2D eigenvalue weighted by Crippen LogP contribution is 2.27. The van der Waals surface area contributed by atoms with Gasteiger partial charge in [0.2, 0.25) is 0 Å². The summed E-state index contributed by atoms with van der Waals surface area (Å²) in [6.07, 6.45) is 1.87. The third-order valence-corrected chi connectivity index (χ3v) is 3.87. The second-order valence-electron chi connectivity index (χ2n) is 5.09. The van der Waals surface area contributed by atoms with Crippen molar-refractivity contribution in [3.63, 3.8) is 0 Å². The highest BCUT2D eigenvalue weighted by Gasteiger charge is 2.29. The van der Waals surface area contributed by atoms with Crippen molar-refractivity contribution in [1.82, 2.24) is 4.90 Å². The van der Waals surface area contributed by atoms with E-state index in [1.165, 1.54) is 0 Å². The van der Waals surface area contributed by atoms with E-state index in [9.17, 15) is 9.90 Å². The number of fused-ring (bicyclic) bond motifs is 1. The standard InChI is InChI=1S/C14H19N3O2/c18-9-11-2-1-7-17(11)14(19)10-3-4-12-13(8-10)16-6-5-15-12/h3-4,8,11,15-16,18H,1-2,5-7,9H2. The highest BCUT2D eigenvalue weighted by atomic mass is 16.3. The first-order chi connectivity index (χ1) is 9.29. The summed E-state index contributed by atoms with van der Waals surface area (Å²) in [4.78, 5) is 14.3. The smallest absolute Gasteiger partial charge is 0.254 e. The Kier molecular flexibility index (Phi) is 3.29. The van der Waals surface area contributed by atoms with Gasteiger partial charge >= 0.3 is 0 Å². The van der Waals surface area contributed by atoms with Crippen LogP contribution in [-0.4, -0.2) is 48.2 Å². The number of hydrogen-bond donors (Lipinski definition) is 3. The summed E-state index contributed by atoms with van der Waals surface area (Å²) in [7, 11) is 0. The van der Waals surface area contributed by atoms with E-state index in [0.717, 1.165) is 43.9 Å². The van der Waals surface area contributed by atoms with E-state index in [4.69, 9.17) is 0 Å². The number of likely N-dealkylation sites (tertiary alicyclic amines) is 1. The van der Waals surface area contributed by atoms with E-state index in [-0.39, 0.29) is 18.6 Å². The molecule has 3 N–H and O–H groups in total. The molecular weight excluding hydrogens is 242 g/mol. The van der Waals surface area contributed by atoms with Gasteiger partial charge in [-0.05, 0) is 31.0 Å². The number of nitrogens with one attached hydrogen (secondary N) is 2. The van der Waals surface area contributed by atoms with Gasteiger partial charge in [-0.1, -0.05) is 0 Å². The van der Waals surface area contributed by atoms with Crippen molar-refractivity contribution in [3.05, 3.63) is 23.8 Å². The maximum absolute atomic E-state index is 12.5. The van der Waals surface area contributed by atoms with E-state index in [2.05, 4.69) is 10.6 Å². The molecule has 2 aliphatic heterocycles. The fourth-order valence-electron chi connectivity index (χ4n) is 2.83. The Morgan fingerprint density at radius 1 is 1.32 bits per heavy atom. The number of rotatable bonds is 2. The Morgan fingerprint density at radius 2 is 2.11 bits per heavy atom. The first kappa shape index (κ1) is 12.3. The number of aliphatic hydroxyl groups excluding tert-OH is 1. The lowest BCUT2D eigenvalue weighted by molar-refractivity contribution is 0.0677. The molecule has 2 aliphatic rings. The van der Waals surface area contributed by atoms with Crippen molar-refractivity contribution in [2.45, 2.75) is 18.9 Å². The van der Waals surface area contributed by atoms with E-state index in [1.54, 1.807) is 4.90 Å². The predicted octanol–water partition coefficient (Wildman–Crippen LogP) is 1.12. The molecule has 5 heteroatoms. The molecule has 1 aromatic rings. The Labute approximate surface area is 112 Å². The van der Waals surface area contributed by atoms with Crippen LogP contribution in [0.4, 0.5) is 11.4 Å². The lowest BCUT2D eigenvalue weighted by Crippen LogP contribution is -2.37. The van der Waals surface area contributed by atoms with Gasteiger partial charge in [-0.2, -0.15) is 0 Å². The van der Waals surface area contributed by atoms with E-state index in [0.29, 0.717) is 5.56 Å². The summed E-state index contributed by atoms with van der Waals surface area (Å²) in [5.41, 5.74) is 2.72. The lowest BCUT2D eigenvalue weighted by Gasteiger charge is -2.25. The van der Waals surface area contributed by atoms with Gasteiger partial charge < -0.3 is 20.6 Å². The number of nitrogens with zero attached hydrogens (tertiary/aromatic N) is 1. The summed E-state index contributed by atoms with van der Waals surface area (Å²) in [6.45, 7) is 2.57. The van der Waals surface area contributed by atoms with Crippen LogP contribution in [0.1, 0.15) is 23.2 Å². The molecule has 0 aliphatic carbocycles. The van der Waals surface area contributed by atoms with Crippen molar-refractivity contribution in [2.24, 2.45) is 0 Å². The van der Waals surface area contributed by atoms with Crippen LogP contribution < -0.4 is 10.6 Å². The monoisotopic (exact) mass is 261 g/mol. The molecule has 1 saturated heterocycles. The zero-order chi connectivity index (χ0) is 13.2. The van der Waals surface area contributed by atoms with Crippen LogP contribution in [0.2, 0.25) is 0 Å². The van der Waals surface area contributed by atoms with Gasteiger partial charge in [0.25, 0.3) is 5.91 Å². The zero-order valence-corrected chi connectivity index (χ0v) is 10.9. The van der Waals surface area contributed by atoms with Gasteiger partial charge in [-0.3, -0.25) is 4.79 Å².